The van der Waals surface area contributed by atoms with Gasteiger partial charge in [-0.3, -0.25) is 14.9 Å². The van der Waals surface area contributed by atoms with Crippen LogP contribution in [0.3, 0.4) is 0 Å². The van der Waals surface area contributed by atoms with Crippen LogP contribution in [0.25, 0.3) is 22.4 Å². The van der Waals surface area contributed by atoms with E-state index < -0.39 is 0 Å². The third-order valence-corrected chi connectivity index (χ3v) is 10.2. The predicted molar refractivity (Wildman–Crippen MR) is 203 cm³/mol. The van der Waals surface area contributed by atoms with Crippen molar-refractivity contribution in [1.82, 2.24) is 24.7 Å². The Morgan fingerprint density at radius 1 is 0.679 bits per heavy atom. The highest BCUT2D eigenvalue weighted by Crippen LogP contribution is 2.42. The summed E-state index contributed by atoms with van der Waals surface area (Å²) >= 11 is 0. The van der Waals surface area contributed by atoms with Crippen LogP contribution in [0.2, 0.25) is 0 Å². The lowest BCUT2D eigenvalue weighted by Crippen LogP contribution is -2.52. The SMILES string of the molecule is COc1cc(-c2cncc(CN(C(=O)N3CCCCC3)C3CCN(Cc4ccnc(-c5cc(OC)c(OC)c(OC)c5)c4)CC3)c2)cc(OC)c1OC. The Balaban J connectivity index is 1.18. The molecular formula is C41H51N5O7. The molecule has 0 atom stereocenters. The molecule has 4 heterocycles. The van der Waals surface area contributed by atoms with Crippen molar-refractivity contribution in [2.75, 3.05) is 68.8 Å². The molecule has 0 spiro atoms. The number of likely N-dealkylation sites (tertiary alicyclic amines) is 2. The van der Waals surface area contributed by atoms with Gasteiger partial charge in [-0.05, 0) is 91.3 Å². The van der Waals surface area contributed by atoms with Gasteiger partial charge in [0, 0.05) is 75.0 Å². The predicted octanol–water partition coefficient (Wildman–Crippen LogP) is 6.93. The van der Waals surface area contributed by atoms with E-state index in [0.29, 0.717) is 41.0 Å². The number of amides is 2. The van der Waals surface area contributed by atoms with Crippen molar-refractivity contribution in [3.05, 3.63) is 72.2 Å². The molecule has 2 fully saturated rings. The second-order valence-corrected chi connectivity index (χ2v) is 13.4. The molecule has 6 rings (SSSR count). The molecule has 2 aliphatic rings. The molecule has 12 heteroatoms. The normalized spacial score (nSPS) is 15.1. The zero-order valence-electron chi connectivity index (χ0n) is 31.7. The van der Waals surface area contributed by atoms with Crippen LogP contribution >= 0.6 is 0 Å². The van der Waals surface area contributed by atoms with E-state index in [-0.39, 0.29) is 12.1 Å². The molecule has 2 aromatic heterocycles. The average Bonchev–Trinajstić information content (AvgIpc) is 3.22. The third kappa shape index (κ3) is 8.54. The molecule has 0 saturated carbocycles. The Bertz CT molecular complexity index is 1810. The molecule has 2 saturated heterocycles. The number of carbonyl (C=O) groups is 1. The molecule has 2 amide bonds. The first-order valence-electron chi connectivity index (χ1n) is 18.2. The van der Waals surface area contributed by atoms with Gasteiger partial charge in [0.05, 0.1) is 48.4 Å². The van der Waals surface area contributed by atoms with Crippen LogP contribution in [0.5, 0.6) is 34.5 Å². The first-order chi connectivity index (χ1) is 25.9. The fraction of sp³-hybridized carbons (Fsp3) is 0.439. The van der Waals surface area contributed by atoms with Gasteiger partial charge in [0.1, 0.15) is 0 Å². The van der Waals surface area contributed by atoms with Gasteiger partial charge in [0.2, 0.25) is 11.5 Å². The van der Waals surface area contributed by atoms with Crippen molar-refractivity contribution in [3.8, 4) is 56.9 Å². The van der Waals surface area contributed by atoms with E-state index in [1.54, 1.807) is 42.7 Å². The Morgan fingerprint density at radius 2 is 1.26 bits per heavy atom. The molecular weight excluding hydrogens is 674 g/mol. The Kier molecular flexibility index (Phi) is 12.4. The van der Waals surface area contributed by atoms with Crippen molar-refractivity contribution >= 4 is 6.03 Å². The maximum absolute atomic E-state index is 14.2. The van der Waals surface area contributed by atoms with E-state index in [1.807, 2.05) is 47.8 Å². The van der Waals surface area contributed by atoms with Gasteiger partial charge in [-0.15, -0.1) is 0 Å². The summed E-state index contributed by atoms with van der Waals surface area (Å²) in [5, 5.41) is 0. The molecule has 12 nitrogen and oxygen atoms in total. The highest BCUT2D eigenvalue weighted by atomic mass is 16.5. The molecule has 2 aliphatic heterocycles. The van der Waals surface area contributed by atoms with E-state index in [1.165, 1.54) is 6.42 Å². The molecule has 2 aromatic carbocycles. The van der Waals surface area contributed by atoms with E-state index in [9.17, 15) is 4.79 Å². The standard InChI is InChI=1S/C41H51N5O7/c1-48-35-20-30(21-36(49-2)39(35)52-5)32-18-29(24-42-25-32)27-46(41(47)45-14-8-7-9-15-45)33-11-16-44(17-12-33)26-28-10-13-43-34(19-28)31-22-37(50-3)40(53-6)38(23-31)51-4/h10,13,18-25,33H,7-9,11-12,14-17,26-27H2,1-6H3. The Hall–Kier alpha value is -5.23. The van der Waals surface area contributed by atoms with Gasteiger partial charge in [0.25, 0.3) is 0 Å². The number of pyridine rings is 2. The van der Waals surface area contributed by atoms with Gasteiger partial charge < -0.3 is 38.2 Å². The van der Waals surface area contributed by atoms with Crippen LogP contribution in [0.1, 0.15) is 43.2 Å². The summed E-state index contributed by atoms with van der Waals surface area (Å²) in [5.41, 5.74) is 5.65. The number of rotatable bonds is 13. The van der Waals surface area contributed by atoms with Gasteiger partial charge >= 0.3 is 6.03 Å². The molecule has 0 radical (unpaired) electrons. The molecule has 0 unspecified atom stereocenters. The van der Waals surface area contributed by atoms with Crippen LogP contribution in [-0.2, 0) is 13.1 Å². The largest absolute Gasteiger partial charge is 0.493 e. The van der Waals surface area contributed by atoms with Crippen molar-refractivity contribution in [2.45, 2.75) is 51.2 Å². The third-order valence-electron chi connectivity index (χ3n) is 10.2. The van der Waals surface area contributed by atoms with Crippen LogP contribution in [0, 0.1) is 0 Å². The van der Waals surface area contributed by atoms with Crippen molar-refractivity contribution in [1.29, 1.82) is 0 Å². The minimum atomic E-state index is 0.109. The quantitative estimate of drug-likeness (QED) is 0.144. The number of nitrogens with zero attached hydrogens (tertiary/aromatic N) is 5. The van der Waals surface area contributed by atoms with E-state index in [4.69, 9.17) is 28.4 Å². The van der Waals surface area contributed by atoms with Gasteiger partial charge in [0.15, 0.2) is 23.0 Å². The number of benzene rings is 2. The fourth-order valence-electron chi connectivity index (χ4n) is 7.40. The molecule has 0 aliphatic carbocycles. The summed E-state index contributed by atoms with van der Waals surface area (Å²) in [7, 11) is 9.63. The van der Waals surface area contributed by atoms with Crippen molar-refractivity contribution in [2.24, 2.45) is 0 Å². The maximum Gasteiger partial charge on any atom is 0.320 e. The Labute approximate surface area is 312 Å². The second-order valence-electron chi connectivity index (χ2n) is 13.4. The van der Waals surface area contributed by atoms with Crippen molar-refractivity contribution < 1.29 is 33.2 Å². The average molecular weight is 726 g/mol. The molecule has 0 bridgehead atoms. The van der Waals surface area contributed by atoms with Gasteiger partial charge in [-0.2, -0.15) is 0 Å². The minimum Gasteiger partial charge on any atom is -0.493 e. The lowest BCUT2D eigenvalue weighted by molar-refractivity contribution is 0.0873. The summed E-state index contributed by atoms with van der Waals surface area (Å²) in [5.74, 6) is 3.41. The maximum atomic E-state index is 14.2. The lowest BCUT2D eigenvalue weighted by atomic mass is 10.0. The topological polar surface area (TPSA) is 108 Å². The highest BCUT2D eigenvalue weighted by Gasteiger charge is 2.32. The Morgan fingerprint density at radius 3 is 1.83 bits per heavy atom. The molecule has 0 N–H and O–H groups in total. The summed E-state index contributed by atoms with van der Waals surface area (Å²) < 4.78 is 33.4. The number of urea groups is 1. The number of aromatic nitrogens is 2. The zero-order valence-corrected chi connectivity index (χ0v) is 31.7. The summed E-state index contributed by atoms with van der Waals surface area (Å²) in [4.78, 5) is 30.1. The number of hydrogen-bond acceptors (Lipinski definition) is 10. The number of piperidine rings is 2. The number of methoxy groups -OCH3 is 6. The van der Waals surface area contributed by atoms with Crippen LogP contribution in [0.15, 0.2) is 61.1 Å². The van der Waals surface area contributed by atoms with Crippen molar-refractivity contribution in [3.63, 3.8) is 0 Å². The molecule has 4 aromatic rings. The molecule has 282 valence electrons. The van der Waals surface area contributed by atoms with Gasteiger partial charge in [-0.25, -0.2) is 4.79 Å². The first-order valence-corrected chi connectivity index (χ1v) is 18.2. The van der Waals surface area contributed by atoms with Crippen LogP contribution in [-0.4, -0.2) is 106 Å². The number of hydrogen-bond donors (Lipinski definition) is 0. The molecule has 53 heavy (non-hydrogen) atoms. The second kappa shape index (κ2) is 17.5. The van der Waals surface area contributed by atoms with E-state index in [0.717, 1.165) is 91.9 Å². The monoisotopic (exact) mass is 725 g/mol. The fourth-order valence-corrected chi connectivity index (χ4v) is 7.40. The van der Waals surface area contributed by atoms with E-state index in [2.05, 4.69) is 38.0 Å². The summed E-state index contributed by atoms with van der Waals surface area (Å²) in [6.45, 7) is 4.61. The summed E-state index contributed by atoms with van der Waals surface area (Å²) in [6, 6.07) is 14.2. The van der Waals surface area contributed by atoms with Gasteiger partial charge in [-0.1, -0.05) is 0 Å². The lowest BCUT2D eigenvalue weighted by Gasteiger charge is -2.41. The highest BCUT2D eigenvalue weighted by molar-refractivity contribution is 5.75. The minimum absolute atomic E-state index is 0.109. The van der Waals surface area contributed by atoms with Crippen LogP contribution < -0.4 is 28.4 Å². The van der Waals surface area contributed by atoms with Crippen LogP contribution in [0.4, 0.5) is 4.79 Å². The first kappa shape index (κ1) is 37.5. The number of carbonyl (C=O) groups excluding carboxylic acids is 1. The summed E-state index contributed by atoms with van der Waals surface area (Å²) in [6.07, 6.45) is 10.5. The number of ether oxygens (including phenoxy) is 6. The van der Waals surface area contributed by atoms with E-state index >= 15 is 0 Å². The zero-order chi connectivity index (χ0) is 37.3. The smallest absolute Gasteiger partial charge is 0.320 e.